The first-order valence-corrected chi connectivity index (χ1v) is 10.5. The Balaban J connectivity index is 1.55. The largest absolute Gasteiger partial charge is 0.494 e. The van der Waals surface area contributed by atoms with Crippen LogP contribution in [-0.4, -0.2) is 33.0 Å². The number of amides is 1. The third-order valence-electron chi connectivity index (χ3n) is 4.24. The van der Waals surface area contributed by atoms with Gasteiger partial charge in [-0.1, -0.05) is 11.8 Å². The molecule has 0 aliphatic carbocycles. The molecule has 31 heavy (non-hydrogen) atoms. The van der Waals surface area contributed by atoms with E-state index in [-0.39, 0.29) is 17.5 Å². The lowest BCUT2D eigenvalue weighted by atomic mass is 10.3. The van der Waals surface area contributed by atoms with E-state index >= 15 is 0 Å². The van der Waals surface area contributed by atoms with Crippen molar-refractivity contribution < 1.29 is 18.3 Å². The van der Waals surface area contributed by atoms with Gasteiger partial charge >= 0.3 is 0 Å². The minimum absolute atomic E-state index is 0.102. The molecule has 0 aliphatic rings. The highest BCUT2D eigenvalue weighted by Gasteiger charge is 2.19. The van der Waals surface area contributed by atoms with Crippen LogP contribution in [0.3, 0.4) is 0 Å². The fourth-order valence-electron chi connectivity index (χ4n) is 2.88. The van der Waals surface area contributed by atoms with Crippen LogP contribution in [0.5, 0.6) is 5.75 Å². The highest BCUT2D eigenvalue weighted by atomic mass is 32.2. The Hall–Kier alpha value is -3.59. The van der Waals surface area contributed by atoms with E-state index in [1.54, 1.807) is 18.4 Å². The minimum Gasteiger partial charge on any atom is -0.494 e. The monoisotopic (exact) mass is 438 g/mol. The van der Waals surface area contributed by atoms with E-state index in [2.05, 4.69) is 15.5 Å². The predicted molar refractivity (Wildman–Crippen MR) is 116 cm³/mol. The first-order chi connectivity index (χ1) is 15.1. The molecule has 9 heteroatoms. The van der Waals surface area contributed by atoms with Crippen LogP contribution in [0.15, 0.2) is 76.5 Å². The number of hydrogen-bond acceptors (Lipinski definition) is 6. The number of aromatic nitrogens is 3. The van der Waals surface area contributed by atoms with Crippen molar-refractivity contribution in [2.45, 2.75) is 12.1 Å². The molecule has 1 N–H and O–H groups in total. The number of ether oxygens (including phenoxy) is 1. The SMILES string of the molecule is CCOc1ccc(-n2c(SCC(=O)Nc3ccc(F)cc3)nnc2-c2ccco2)cc1. The Morgan fingerprint density at radius 1 is 1.13 bits per heavy atom. The summed E-state index contributed by atoms with van der Waals surface area (Å²) < 4.78 is 25.9. The van der Waals surface area contributed by atoms with E-state index in [1.807, 2.05) is 35.8 Å². The van der Waals surface area contributed by atoms with Crippen molar-refractivity contribution in [3.8, 4) is 23.0 Å². The van der Waals surface area contributed by atoms with Gasteiger partial charge in [-0.3, -0.25) is 9.36 Å². The molecule has 0 saturated heterocycles. The number of thioether (sulfide) groups is 1. The van der Waals surface area contributed by atoms with Crippen molar-refractivity contribution in [2.75, 3.05) is 17.7 Å². The molecule has 0 spiro atoms. The van der Waals surface area contributed by atoms with Gasteiger partial charge in [0.25, 0.3) is 0 Å². The van der Waals surface area contributed by atoms with Crippen molar-refractivity contribution >= 4 is 23.4 Å². The van der Waals surface area contributed by atoms with Crippen LogP contribution in [0, 0.1) is 5.82 Å². The van der Waals surface area contributed by atoms with Crippen LogP contribution in [0.4, 0.5) is 10.1 Å². The quantitative estimate of drug-likeness (QED) is 0.398. The molecule has 2 heterocycles. The van der Waals surface area contributed by atoms with Crippen LogP contribution in [0.1, 0.15) is 6.92 Å². The summed E-state index contributed by atoms with van der Waals surface area (Å²) in [4.78, 5) is 12.4. The number of halogens is 1. The average molecular weight is 438 g/mol. The molecule has 4 aromatic rings. The standard InChI is InChI=1S/C22H19FN4O3S/c1-2-29-18-11-9-17(10-12-18)27-21(19-4-3-13-30-19)25-26-22(27)31-14-20(28)24-16-7-5-15(23)6-8-16/h3-13H,2,14H2,1H3,(H,24,28). The summed E-state index contributed by atoms with van der Waals surface area (Å²) in [6.45, 7) is 2.50. The number of carbonyl (C=O) groups is 1. The molecule has 2 aromatic carbocycles. The molecule has 158 valence electrons. The molecule has 0 atom stereocenters. The Kier molecular flexibility index (Phi) is 6.32. The zero-order chi connectivity index (χ0) is 21.6. The van der Waals surface area contributed by atoms with Gasteiger partial charge in [-0.15, -0.1) is 10.2 Å². The number of benzene rings is 2. The fraction of sp³-hybridized carbons (Fsp3) is 0.136. The maximum absolute atomic E-state index is 13.0. The maximum Gasteiger partial charge on any atom is 0.234 e. The molecule has 0 radical (unpaired) electrons. The number of rotatable bonds is 8. The Bertz CT molecular complexity index is 1140. The lowest BCUT2D eigenvalue weighted by Crippen LogP contribution is -2.14. The van der Waals surface area contributed by atoms with Crippen LogP contribution >= 0.6 is 11.8 Å². The molecule has 0 saturated carbocycles. The van der Waals surface area contributed by atoms with E-state index in [0.29, 0.717) is 29.0 Å². The molecule has 0 aliphatic heterocycles. The molecule has 0 unspecified atom stereocenters. The minimum atomic E-state index is -0.360. The lowest BCUT2D eigenvalue weighted by Gasteiger charge is -2.10. The smallest absolute Gasteiger partial charge is 0.234 e. The first kappa shape index (κ1) is 20.7. The predicted octanol–water partition coefficient (Wildman–Crippen LogP) is 4.80. The van der Waals surface area contributed by atoms with Gasteiger partial charge < -0.3 is 14.5 Å². The molecule has 0 bridgehead atoms. The molecule has 2 aromatic heterocycles. The van der Waals surface area contributed by atoms with Gasteiger partial charge in [0.1, 0.15) is 11.6 Å². The molecule has 1 amide bonds. The summed E-state index contributed by atoms with van der Waals surface area (Å²) >= 11 is 1.24. The fourth-order valence-corrected chi connectivity index (χ4v) is 3.63. The highest BCUT2D eigenvalue weighted by molar-refractivity contribution is 7.99. The highest BCUT2D eigenvalue weighted by Crippen LogP contribution is 2.29. The number of nitrogens with zero attached hydrogens (tertiary/aromatic N) is 3. The summed E-state index contributed by atoms with van der Waals surface area (Å²) in [5.74, 6) is 1.34. The van der Waals surface area contributed by atoms with Gasteiger partial charge in [0.15, 0.2) is 10.9 Å². The topological polar surface area (TPSA) is 82.2 Å². The molecule has 0 fully saturated rings. The van der Waals surface area contributed by atoms with Crippen LogP contribution < -0.4 is 10.1 Å². The van der Waals surface area contributed by atoms with Crippen LogP contribution in [-0.2, 0) is 4.79 Å². The van der Waals surface area contributed by atoms with E-state index in [4.69, 9.17) is 9.15 Å². The third kappa shape index (κ3) is 4.95. The van der Waals surface area contributed by atoms with E-state index < -0.39 is 0 Å². The number of nitrogens with one attached hydrogen (secondary N) is 1. The summed E-state index contributed by atoms with van der Waals surface area (Å²) in [5.41, 5.74) is 1.33. The van der Waals surface area contributed by atoms with Gasteiger partial charge in [-0.25, -0.2) is 4.39 Å². The Morgan fingerprint density at radius 3 is 2.58 bits per heavy atom. The molecular weight excluding hydrogens is 419 g/mol. The molecular formula is C22H19FN4O3S. The van der Waals surface area contributed by atoms with E-state index in [0.717, 1.165) is 11.4 Å². The van der Waals surface area contributed by atoms with Crippen LogP contribution in [0.25, 0.3) is 17.3 Å². The number of anilines is 1. The second kappa shape index (κ2) is 9.48. The number of carbonyl (C=O) groups excluding carboxylic acids is 1. The van der Waals surface area contributed by atoms with E-state index in [1.165, 1.54) is 36.0 Å². The Morgan fingerprint density at radius 2 is 1.90 bits per heavy atom. The molecule has 4 rings (SSSR count). The molecule has 7 nitrogen and oxygen atoms in total. The lowest BCUT2D eigenvalue weighted by molar-refractivity contribution is -0.113. The summed E-state index contributed by atoms with van der Waals surface area (Å²) in [6.07, 6.45) is 1.56. The number of furan rings is 1. The maximum atomic E-state index is 13.0. The van der Waals surface area contributed by atoms with Crippen LogP contribution in [0.2, 0.25) is 0 Å². The zero-order valence-electron chi connectivity index (χ0n) is 16.6. The first-order valence-electron chi connectivity index (χ1n) is 9.55. The third-order valence-corrected chi connectivity index (χ3v) is 5.17. The second-order valence-corrected chi connectivity index (χ2v) is 7.33. The second-order valence-electron chi connectivity index (χ2n) is 6.39. The van der Waals surface area contributed by atoms with Gasteiger partial charge in [-0.05, 0) is 67.6 Å². The number of hydrogen-bond donors (Lipinski definition) is 1. The van der Waals surface area contributed by atoms with Gasteiger partial charge in [-0.2, -0.15) is 0 Å². The van der Waals surface area contributed by atoms with Crippen molar-refractivity contribution in [3.05, 3.63) is 72.7 Å². The van der Waals surface area contributed by atoms with Crippen molar-refractivity contribution in [1.82, 2.24) is 14.8 Å². The van der Waals surface area contributed by atoms with Gasteiger partial charge in [0.05, 0.1) is 24.3 Å². The summed E-state index contributed by atoms with van der Waals surface area (Å²) in [7, 11) is 0. The van der Waals surface area contributed by atoms with Crippen molar-refractivity contribution in [3.63, 3.8) is 0 Å². The Labute approximate surface area is 182 Å². The van der Waals surface area contributed by atoms with Gasteiger partial charge in [0, 0.05) is 5.69 Å². The van der Waals surface area contributed by atoms with E-state index in [9.17, 15) is 9.18 Å². The summed E-state index contributed by atoms with van der Waals surface area (Å²) in [5, 5.41) is 11.8. The summed E-state index contributed by atoms with van der Waals surface area (Å²) in [6, 6.07) is 16.7. The zero-order valence-corrected chi connectivity index (χ0v) is 17.4. The van der Waals surface area contributed by atoms with Gasteiger partial charge in [0.2, 0.25) is 11.7 Å². The average Bonchev–Trinajstić information content (AvgIpc) is 3.44. The van der Waals surface area contributed by atoms with Crippen molar-refractivity contribution in [1.29, 1.82) is 0 Å². The van der Waals surface area contributed by atoms with Crippen molar-refractivity contribution in [2.24, 2.45) is 0 Å². The normalized spacial score (nSPS) is 10.8.